The first-order valence-electron chi connectivity index (χ1n) is 12.2. The Hall–Kier alpha value is -3.84. The van der Waals surface area contributed by atoms with Gasteiger partial charge in [-0.1, -0.05) is 0 Å². The highest BCUT2D eigenvalue weighted by atomic mass is 16.5. The number of ether oxygens (including phenoxy) is 1. The van der Waals surface area contributed by atoms with Gasteiger partial charge >= 0.3 is 0 Å². The van der Waals surface area contributed by atoms with Crippen LogP contribution in [0.1, 0.15) is 22.8 Å². The molecule has 2 aliphatic rings. The van der Waals surface area contributed by atoms with Gasteiger partial charge in [-0.05, 0) is 80.2 Å². The van der Waals surface area contributed by atoms with E-state index in [2.05, 4.69) is 34.0 Å². The molecule has 6 rings (SSSR count). The van der Waals surface area contributed by atoms with Crippen molar-refractivity contribution in [3.05, 3.63) is 71.8 Å². The number of hydrogen-bond donors (Lipinski definition) is 1. The number of aromatic amines is 1. The summed E-state index contributed by atoms with van der Waals surface area (Å²) in [7, 11) is 2.16. The van der Waals surface area contributed by atoms with Crippen LogP contribution in [0.15, 0.2) is 60.7 Å². The van der Waals surface area contributed by atoms with Gasteiger partial charge in [-0.25, -0.2) is 4.98 Å². The number of carbonyl (C=O) groups is 1. The molecule has 35 heavy (non-hydrogen) atoms. The van der Waals surface area contributed by atoms with Crippen LogP contribution in [0.5, 0.6) is 5.75 Å². The topological polar surface area (TPSA) is 64.7 Å². The second-order valence-electron chi connectivity index (χ2n) is 9.27. The van der Waals surface area contributed by atoms with Crippen molar-refractivity contribution in [3.63, 3.8) is 0 Å². The van der Waals surface area contributed by atoms with Gasteiger partial charge in [-0.3, -0.25) is 4.79 Å². The van der Waals surface area contributed by atoms with E-state index in [-0.39, 0.29) is 5.91 Å². The molecule has 178 valence electrons. The van der Waals surface area contributed by atoms with E-state index in [9.17, 15) is 4.79 Å². The SMILES string of the molecule is CCOc1ccc(-c2nc3cc(N4Cc5cc(N6CCN(C)CC6)ccc5C4=O)ccc3[nH]2)cc1. The van der Waals surface area contributed by atoms with Gasteiger partial charge in [0.15, 0.2) is 0 Å². The van der Waals surface area contributed by atoms with Crippen molar-refractivity contribution in [2.24, 2.45) is 0 Å². The van der Waals surface area contributed by atoms with Crippen LogP contribution in [0.25, 0.3) is 22.4 Å². The van der Waals surface area contributed by atoms with Gasteiger partial charge in [-0.15, -0.1) is 0 Å². The molecule has 7 heteroatoms. The van der Waals surface area contributed by atoms with Crippen LogP contribution >= 0.6 is 0 Å². The normalized spacial score (nSPS) is 16.2. The number of hydrogen-bond acceptors (Lipinski definition) is 5. The standard InChI is InChI=1S/C28H29N5O2/c1-3-35-23-8-4-19(5-9-23)27-29-25-11-7-22(17-26(25)30-27)33-18-20-16-21(6-10-24(20)28(33)34)32-14-12-31(2)13-15-32/h4-11,16-17H,3,12-15,18H2,1-2H3,(H,29,30). The van der Waals surface area contributed by atoms with E-state index in [4.69, 9.17) is 9.72 Å². The van der Waals surface area contributed by atoms with Gasteiger partial charge in [0, 0.05) is 48.7 Å². The molecular formula is C28H29N5O2. The first kappa shape index (κ1) is 21.7. The van der Waals surface area contributed by atoms with Crippen LogP contribution in [0, 0.1) is 0 Å². The minimum Gasteiger partial charge on any atom is -0.494 e. The molecule has 2 aliphatic heterocycles. The molecule has 0 radical (unpaired) electrons. The zero-order chi connectivity index (χ0) is 23.9. The first-order chi connectivity index (χ1) is 17.1. The Kier molecular flexibility index (Phi) is 5.41. The molecule has 7 nitrogen and oxygen atoms in total. The summed E-state index contributed by atoms with van der Waals surface area (Å²) in [6, 6.07) is 20.2. The van der Waals surface area contributed by atoms with Gasteiger partial charge in [-0.2, -0.15) is 0 Å². The molecule has 1 N–H and O–H groups in total. The Morgan fingerprint density at radius 2 is 1.71 bits per heavy atom. The summed E-state index contributed by atoms with van der Waals surface area (Å²) < 4.78 is 5.54. The highest BCUT2D eigenvalue weighted by Crippen LogP contribution is 2.33. The van der Waals surface area contributed by atoms with Crippen LogP contribution in [0.2, 0.25) is 0 Å². The lowest BCUT2D eigenvalue weighted by Gasteiger charge is -2.34. The van der Waals surface area contributed by atoms with E-state index in [0.29, 0.717) is 13.2 Å². The van der Waals surface area contributed by atoms with E-state index in [0.717, 1.165) is 71.2 Å². The van der Waals surface area contributed by atoms with Crippen LogP contribution in [0.4, 0.5) is 11.4 Å². The van der Waals surface area contributed by atoms with Crippen LogP contribution in [-0.4, -0.2) is 60.6 Å². The number of imidazole rings is 1. The van der Waals surface area contributed by atoms with Crippen molar-refractivity contribution in [2.45, 2.75) is 13.5 Å². The highest BCUT2D eigenvalue weighted by Gasteiger charge is 2.29. The minimum absolute atomic E-state index is 0.0477. The van der Waals surface area contributed by atoms with Gasteiger partial charge in [0.2, 0.25) is 0 Å². The number of likely N-dealkylation sites (N-methyl/N-ethyl adjacent to an activating group) is 1. The molecule has 0 atom stereocenters. The number of amides is 1. The first-order valence-corrected chi connectivity index (χ1v) is 12.2. The number of fused-ring (bicyclic) bond motifs is 2. The molecule has 0 saturated carbocycles. The Labute approximate surface area is 204 Å². The zero-order valence-corrected chi connectivity index (χ0v) is 20.1. The Bertz CT molecular complexity index is 1390. The van der Waals surface area contributed by atoms with Gasteiger partial charge in [0.1, 0.15) is 11.6 Å². The van der Waals surface area contributed by atoms with Crippen molar-refractivity contribution < 1.29 is 9.53 Å². The van der Waals surface area contributed by atoms with Crippen molar-refractivity contribution in [2.75, 3.05) is 49.6 Å². The number of H-pyrrole nitrogens is 1. The molecular weight excluding hydrogens is 438 g/mol. The molecule has 1 saturated heterocycles. The Balaban J connectivity index is 1.24. The summed E-state index contributed by atoms with van der Waals surface area (Å²) >= 11 is 0. The number of anilines is 2. The summed E-state index contributed by atoms with van der Waals surface area (Å²) in [6.07, 6.45) is 0. The molecule has 1 amide bonds. The zero-order valence-electron chi connectivity index (χ0n) is 20.1. The lowest BCUT2D eigenvalue weighted by molar-refractivity contribution is 0.0996. The summed E-state index contributed by atoms with van der Waals surface area (Å²) in [4.78, 5) is 28.0. The summed E-state index contributed by atoms with van der Waals surface area (Å²) in [6.45, 7) is 7.34. The van der Waals surface area contributed by atoms with E-state index in [1.807, 2.05) is 60.4 Å². The van der Waals surface area contributed by atoms with Crippen molar-refractivity contribution in [1.29, 1.82) is 0 Å². The predicted molar refractivity (Wildman–Crippen MR) is 139 cm³/mol. The van der Waals surface area contributed by atoms with Crippen LogP contribution in [-0.2, 0) is 6.54 Å². The lowest BCUT2D eigenvalue weighted by Crippen LogP contribution is -2.44. The fourth-order valence-corrected chi connectivity index (χ4v) is 4.95. The Morgan fingerprint density at radius 3 is 2.49 bits per heavy atom. The second kappa shape index (κ2) is 8.74. The summed E-state index contributed by atoms with van der Waals surface area (Å²) in [5.41, 5.74) is 6.72. The van der Waals surface area contributed by atoms with Crippen molar-refractivity contribution >= 4 is 28.3 Å². The average Bonchev–Trinajstić information content (AvgIpc) is 3.45. The second-order valence-corrected chi connectivity index (χ2v) is 9.27. The average molecular weight is 468 g/mol. The molecule has 0 aliphatic carbocycles. The number of benzene rings is 3. The molecule has 1 fully saturated rings. The van der Waals surface area contributed by atoms with Crippen molar-refractivity contribution in [3.8, 4) is 17.1 Å². The summed E-state index contributed by atoms with van der Waals surface area (Å²) in [5.74, 6) is 1.69. The maximum Gasteiger partial charge on any atom is 0.258 e. The third-order valence-electron chi connectivity index (χ3n) is 6.98. The number of rotatable bonds is 5. The fraction of sp³-hybridized carbons (Fsp3) is 0.286. The number of nitrogens with zero attached hydrogens (tertiary/aromatic N) is 4. The van der Waals surface area contributed by atoms with Gasteiger partial charge in [0.05, 0.1) is 24.2 Å². The number of carbonyl (C=O) groups excluding carboxylic acids is 1. The maximum atomic E-state index is 13.2. The van der Waals surface area contributed by atoms with E-state index < -0.39 is 0 Å². The largest absolute Gasteiger partial charge is 0.494 e. The van der Waals surface area contributed by atoms with Crippen LogP contribution in [0.3, 0.4) is 0 Å². The van der Waals surface area contributed by atoms with E-state index >= 15 is 0 Å². The van der Waals surface area contributed by atoms with Gasteiger partial charge in [0.25, 0.3) is 5.91 Å². The highest BCUT2D eigenvalue weighted by molar-refractivity contribution is 6.10. The van der Waals surface area contributed by atoms with E-state index in [1.165, 1.54) is 5.69 Å². The molecule has 4 aromatic rings. The van der Waals surface area contributed by atoms with Crippen molar-refractivity contribution in [1.82, 2.24) is 14.9 Å². The minimum atomic E-state index is 0.0477. The molecule has 0 bridgehead atoms. The predicted octanol–water partition coefficient (Wildman–Crippen LogP) is 4.54. The maximum absolute atomic E-state index is 13.2. The van der Waals surface area contributed by atoms with Gasteiger partial charge < -0.3 is 24.4 Å². The molecule has 3 aromatic carbocycles. The molecule has 3 heterocycles. The molecule has 0 unspecified atom stereocenters. The lowest BCUT2D eigenvalue weighted by atomic mass is 10.1. The third kappa shape index (κ3) is 4.02. The Morgan fingerprint density at radius 1 is 0.943 bits per heavy atom. The van der Waals surface area contributed by atoms with Crippen LogP contribution < -0.4 is 14.5 Å². The molecule has 0 spiro atoms. The monoisotopic (exact) mass is 467 g/mol. The fourth-order valence-electron chi connectivity index (χ4n) is 4.95. The number of nitrogens with one attached hydrogen (secondary N) is 1. The smallest absolute Gasteiger partial charge is 0.258 e. The number of piperazine rings is 1. The third-order valence-corrected chi connectivity index (χ3v) is 6.98. The molecule has 1 aromatic heterocycles. The quantitative estimate of drug-likeness (QED) is 0.467. The number of aromatic nitrogens is 2. The van der Waals surface area contributed by atoms with E-state index in [1.54, 1.807) is 0 Å². The summed E-state index contributed by atoms with van der Waals surface area (Å²) in [5, 5.41) is 0.